The maximum atomic E-state index is 12.8. The van der Waals surface area contributed by atoms with E-state index in [1.54, 1.807) is 18.6 Å². The molecule has 0 atom stereocenters. The van der Waals surface area contributed by atoms with Crippen LogP contribution in [0.15, 0.2) is 48.4 Å². The molecule has 0 unspecified atom stereocenters. The zero-order valence-electron chi connectivity index (χ0n) is 16.8. The highest BCUT2D eigenvalue weighted by Crippen LogP contribution is 2.20. The number of piperazine rings is 1. The van der Waals surface area contributed by atoms with Gasteiger partial charge in [0.25, 0.3) is 5.91 Å². The lowest BCUT2D eigenvalue weighted by Crippen LogP contribution is -2.49. The standard InChI is InChI=1S/C22H28N6O/c29-21(28-14-12-27(13-15-28)20-8-4-5-10-23-20)19-16-25-22(26-17-19)24-11-9-18-6-2-1-3-7-18/h4-6,8,10,16-17H,1-3,7,9,11-15H2,(H,24,25,26). The first-order chi connectivity index (χ1) is 14.3. The highest BCUT2D eigenvalue weighted by atomic mass is 16.2. The molecule has 2 aromatic rings. The summed E-state index contributed by atoms with van der Waals surface area (Å²) in [4.78, 5) is 29.9. The zero-order valence-corrected chi connectivity index (χ0v) is 16.8. The molecule has 0 aromatic carbocycles. The predicted molar refractivity (Wildman–Crippen MR) is 114 cm³/mol. The minimum absolute atomic E-state index is 0.00965. The molecule has 1 amide bonds. The molecule has 1 N–H and O–H groups in total. The van der Waals surface area contributed by atoms with Gasteiger partial charge in [-0.2, -0.15) is 0 Å². The monoisotopic (exact) mass is 392 g/mol. The largest absolute Gasteiger partial charge is 0.354 e. The maximum absolute atomic E-state index is 12.8. The van der Waals surface area contributed by atoms with Crippen LogP contribution in [0, 0.1) is 0 Å². The Bertz CT molecular complexity index is 828. The number of rotatable bonds is 6. The fraction of sp³-hybridized carbons (Fsp3) is 0.455. The van der Waals surface area contributed by atoms with Crippen molar-refractivity contribution in [3.8, 4) is 0 Å². The van der Waals surface area contributed by atoms with Gasteiger partial charge in [0.2, 0.25) is 5.95 Å². The number of hydrogen-bond acceptors (Lipinski definition) is 6. The topological polar surface area (TPSA) is 74.2 Å². The van der Waals surface area contributed by atoms with Crippen LogP contribution in [0.5, 0.6) is 0 Å². The summed E-state index contributed by atoms with van der Waals surface area (Å²) >= 11 is 0. The van der Waals surface area contributed by atoms with E-state index in [0.717, 1.165) is 31.9 Å². The SMILES string of the molecule is O=C(c1cnc(NCCC2=CCCCC2)nc1)N1CCN(c2ccccn2)CC1. The zero-order chi connectivity index (χ0) is 19.9. The van der Waals surface area contributed by atoms with Crippen molar-refractivity contribution in [1.82, 2.24) is 19.9 Å². The van der Waals surface area contributed by atoms with E-state index in [1.807, 2.05) is 23.1 Å². The van der Waals surface area contributed by atoms with E-state index in [0.29, 0.717) is 24.6 Å². The van der Waals surface area contributed by atoms with E-state index < -0.39 is 0 Å². The van der Waals surface area contributed by atoms with Crippen LogP contribution in [0.4, 0.5) is 11.8 Å². The van der Waals surface area contributed by atoms with Crippen molar-refractivity contribution < 1.29 is 4.79 Å². The summed E-state index contributed by atoms with van der Waals surface area (Å²) in [5.41, 5.74) is 2.07. The van der Waals surface area contributed by atoms with Crippen LogP contribution in [-0.2, 0) is 0 Å². The van der Waals surface area contributed by atoms with Gasteiger partial charge in [0.05, 0.1) is 5.56 Å². The molecular formula is C22H28N6O. The van der Waals surface area contributed by atoms with E-state index in [2.05, 4.69) is 31.2 Å². The van der Waals surface area contributed by atoms with Crippen LogP contribution in [0.3, 0.4) is 0 Å². The molecular weight excluding hydrogens is 364 g/mol. The second-order valence-corrected chi connectivity index (χ2v) is 7.55. The number of nitrogens with zero attached hydrogens (tertiary/aromatic N) is 5. The fourth-order valence-corrected chi connectivity index (χ4v) is 3.86. The molecule has 1 fully saturated rings. The van der Waals surface area contributed by atoms with Crippen molar-refractivity contribution in [3.05, 3.63) is 54.0 Å². The first-order valence-electron chi connectivity index (χ1n) is 10.5. The molecule has 0 spiro atoms. The summed E-state index contributed by atoms with van der Waals surface area (Å²) in [5.74, 6) is 1.53. The van der Waals surface area contributed by atoms with Gasteiger partial charge in [0, 0.05) is 51.3 Å². The summed E-state index contributed by atoms with van der Waals surface area (Å²) < 4.78 is 0. The average molecular weight is 393 g/mol. The molecule has 7 nitrogen and oxygen atoms in total. The number of hydrogen-bond donors (Lipinski definition) is 1. The van der Waals surface area contributed by atoms with Gasteiger partial charge < -0.3 is 15.1 Å². The highest BCUT2D eigenvalue weighted by Gasteiger charge is 2.23. The van der Waals surface area contributed by atoms with Crippen LogP contribution >= 0.6 is 0 Å². The number of allylic oxidation sites excluding steroid dienone is 1. The Morgan fingerprint density at radius 1 is 1.03 bits per heavy atom. The molecule has 1 saturated heterocycles. The first-order valence-corrected chi connectivity index (χ1v) is 10.5. The van der Waals surface area contributed by atoms with Crippen LogP contribution in [0.25, 0.3) is 0 Å². The molecule has 2 aliphatic rings. The van der Waals surface area contributed by atoms with E-state index >= 15 is 0 Å². The van der Waals surface area contributed by atoms with Crippen LogP contribution < -0.4 is 10.2 Å². The van der Waals surface area contributed by atoms with Crippen molar-refractivity contribution in [1.29, 1.82) is 0 Å². The first kappa shape index (κ1) is 19.4. The Labute approximate surface area is 171 Å². The van der Waals surface area contributed by atoms with Crippen LogP contribution in [-0.4, -0.2) is 58.5 Å². The second-order valence-electron chi connectivity index (χ2n) is 7.55. The molecule has 4 rings (SSSR count). The van der Waals surface area contributed by atoms with E-state index in [9.17, 15) is 4.79 Å². The van der Waals surface area contributed by atoms with Gasteiger partial charge in [-0.1, -0.05) is 17.7 Å². The summed E-state index contributed by atoms with van der Waals surface area (Å²) in [7, 11) is 0. The lowest BCUT2D eigenvalue weighted by molar-refractivity contribution is 0.0745. The third kappa shape index (κ3) is 5.10. The van der Waals surface area contributed by atoms with Crippen molar-refractivity contribution in [2.45, 2.75) is 32.1 Å². The predicted octanol–water partition coefficient (Wildman–Crippen LogP) is 3.14. The molecule has 3 heterocycles. The lowest BCUT2D eigenvalue weighted by Gasteiger charge is -2.35. The van der Waals surface area contributed by atoms with Crippen LogP contribution in [0.1, 0.15) is 42.5 Å². The molecule has 0 bridgehead atoms. The summed E-state index contributed by atoms with van der Waals surface area (Å²) in [6.45, 7) is 3.72. The third-order valence-electron chi connectivity index (χ3n) is 5.55. The van der Waals surface area contributed by atoms with Crippen molar-refractivity contribution in [2.24, 2.45) is 0 Å². The van der Waals surface area contributed by atoms with Gasteiger partial charge in [-0.05, 0) is 44.2 Å². The minimum Gasteiger partial charge on any atom is -0.354 e. The van der Waals surface area contributed by atoms with E-state index in [1.165, 1.54) is 31.3 Å². The Morgan fingerprint density at radius 2 is 1.86 bits per heavy atom. The van der Waals surface area contributed by atoms with E-state index in [-0.39, 0.29) is 5.91 Å². The summed E-state index contributed by atoms with van der Waals surface area (Å²) in [6, 6.07) is 5.90. The number of anilines is 2. The number of aromatic nitrogens is 3. The average Bonchev–Trinajstić information content (AvgIpc) is 2.80. The van der Waals surface area contributed by atoms with Gasteiger partial charge in [-0.25, -0.2) is 15.0 Å². The Balaban J connectivity index is 1.25. The maximum Gasteiger partial charge on any atom is 0.257 e. The van der Waals surface area contributed by atoms with Gasteiger partial charge in [0.15, 0.2) is 0 Å². The summed E-state index contributed by atoms with van der Waals surface area (Å²) in [6.07, 6.45) is 13.5. The third-order valence-corrected chi connectivity index (χ3v) is 5.55. The molecule has 0 saturated carbocycles. The van der Waals surface area contributed by atoms with Crippen molar-refractivity contribution in [3.63, 3.8) is 0 Å². The molecule has 152 valence electrons. The number of carbonyl (C=O) groups excluding carboxylic acids is 1. The fourth-order valence-electron chi connectivity index (χ4n) is 3.86. The van der Waals surface area contributed by atoms with Crippen molar-refractivity contribution in [2.75, 3.05) is 42.9 Å². The van der Waals surface area contributed by atoms with E-state index in [4.69, 9.17) is 0 Å². The number of nitrogens with one attached hydrogen (secondary N) is 1. The molecule has 0 radical (unpaired) electrons. The Morgan fingerprint density at radius 3 is 2.55 bits per heavy atom. The van der Waals surface area contributed by atoms with Gasteiger partial charge in [-0.15, -0.1) is 0 Å². The highest BCUT2D eigenvalue weighted by molar-refractivity contribution is 5.93. The number of amides is 1. The lowest BCUT2D eigenvalue weighted by atomic mass is 9.97. The van der Waals surface area contributed by atoms with Crippen molar-refractivity contribution >= 4 is 17.7 Å². The Kier molecular flexibility index (Phi) is 6.34. The second kappa shape index (κ2) is 9.49. The molecule has 7 heteroatoms. The molecule has 1 aliphatic heterocycles. The number of pyridine rings is 1. The smallest absolute Gasteiger partial charge is 0.257 e. The quantitative estimate of drug-likeness (QED) is 0.762. The molecule has 2 aromatic heterocycles. The van der Waals surface area contributed by atoms with Gasteiger partial charge in [-0.3, -0.25) is 4.79 Å². The van der Waals surface area contributed by atoms with Gasteiger partial charge in [0.1, 0.15) is 5.82 Å². The molecule has 29 heavy (non-hydrogen) atoms. The minimum atomic E-state index is -0.00965. The normalized spacial score (nSPS) is 17.0. The Hall–Kier alpha value is -2.96. The van der Waals surface area contributed by atoms with Crippen LogP contribution in [0.2, 0.25) is 0 Å². The number of carbonyl (C=O) groups is 1. The summed E-state index contributed by atoms with van der Waals surface area (Å²) in [5, 5.41) is 3.26. The van der Waals surface area contributed by atoms with Gasteiger partial charge >= 0.3 is 0 Å². The molecule has 1 aliphatic carbocycles.